The number of ether oxygens (including phenoxy) is 1. The monoisotopic (exact) mass is 241 g/mol. The highest BCUT2D eigenvalue weighted by Crippen LogP contribution is 2.14. The van der Waals surface area contributed by atoms with Crippen molar-refractivity contribution in [3.05, 3.63) is 65.0 Å². The van der Waals surface area contributed by atoms with Gasteiger partial charge in [0.1, 0.15) is 0 Å². The summed E-state index contributed by atoms with van der Waals surface area (Å²) in [6, 6.07) is 13.5. The third kappa shape index (κ3) is 2.74. The van der Waals surface area contributed by atoms with Crippen molar-refractivity contribution in [3.63, 3.8) is 0 Å². The Labute approximate surface area is 106 Å². The normalized spacial score (nSPS) is 10.1. The number of methoxy groups -OCH3 is 1. The van der Waals surface area contributed by atoms with Crippen LogP contribution in [-0.4, -0.2) is 18.1 Å². The lowest BCUT2D eigenvalue weighted by atomic mass is 10.0. The Bertz CT molecular complexity index is 550. The summed E-state index contributed by atoms with van der Waals surface area (Å²) in [6.45, 7) is 1.91. The second-order valence-corrected chi connectivity index (χ2v) is 4.10. The van der Waals surface area contributed by atoms with Crippen LogP contribution in [0.5, 0.6) is 0 Å². The fourth-order valence-corrected chi connectivity index (χ4v) is 1.83. The van der Waals surface area contributed by atoms with Gasteiger partial charge in [-0.25, -0.2) is 4.79 Å². The van der Waals surface area contributed by atoms with E-state index >= 15 is 0 Å². The molecule has 0 unspecified atom stereocenters. The van der Waals surface area contributed by atoms with Crippen LogP contribution < -0.4 is 0 Å². The summed E-state index contributed by atoms with van der Waals surface area (Å²) in [6.07, 6.45) is 0.632. The lowest BCUT2D eigenvalue weighted by molar-refractivity contribution is 0.0599. The van der Waals surface area contributed by atoms with Gasteiger partial charge in [-0.1, -0.05) is 30.3 Å². The topological polar surface area (TPSA) is 39.2 Å². The summed E-state index contributed by atoms with van der Waals surface area (Å²) in [5.74, 6) is -0.339. The Hall–Kier alpha value is -2.16. The Morgan fingerprint density at radius 3 is 2.56 bits per heavy atom. The number of nitrogens with zero attached hydrogens (tertiary/aromatic N) is 1. The summed E-state index contributed by atoms with van der Waals surface area (Å²) in [7, 11) is 1.38. The standard InChI is InChI=1S/C15H15NO2/c1-11-8-9-13(15(17)18-2)14(16-11)10-12-6-4-3-5-7-12/h3-9H,10H2,1-2H3. The van der Waals surface area contributed by atoms with E-state index in [0.717, 1.165) is 17.0 Å². The van der Waals surface area contributed by atoms with Crippen LogP contribution in [-0.2, 0) is 11.2 Å². The molecule has 18 heavy (non-hydrogen) atoms. The molecule has 0 bridgehead atoms. The first kappa shape index (κ1) is 12.3. The Morgan fingerprint density at radius 1 is 1.17 bits per heavy atom. The Morgan fingerprint density at radius 2 is 1.89 bits per heavy atom. The van der Waals surface area contributed by atoms with Gasteiger partial charge in [0, 0.05) is 12.1 Å². The van der Waals surface area contributed by atoms with E-state index in [-0.39, 0.29) is 5.97 Å². The summed E-state index contributed by atoms with van der Waals surface area (Å²) in [4.78, 5) is 16.1. The molecule has 0 aliphatic carbocycles. The molecular formula is C15H15NO2. The van der Waals surface area contributed by atoms with E-state index in [1.165, 1.54) is 7.11 Å². The first-order chi connectivity index (χ1) is 8.70. The molecule has 1 aromatic heterocycles. The van der Waals surface area contributed by atoms with Crippen LogP contribution in [0.15, 0.2) is 42.5 Å². The van der Waals surface area contributed by atoms with Gasteiger partial charge < -0.3 is 4.74 Å². The molecule has 1 heterocycles. The van der Waals surface area contributed by atoms with Crippen LogP contribution >= 0.6 is 0 Å². The third-order valence-corrected chi connectivity index (χ3v) is 2.73. The van der Waals surface area contributed by atoms with E-state index in [9.17, 15) is 4.79 Å². The molecule has 92 valence electrons. The molecule has 3 nitrogen and oxygen atoms in total. The van der Waals surface area contributed by atoms with E-state index in [4.69, 9.17) is 4.74 Å². The quantitative estimate of drug-likeness (QED) is 0.776. The molecule has 0 atom stereocenters. The maximum atomic E-state index is 11.7. The SMILES string of the molecule is COC(=O)c1ccc(C)nc1Cc1ccccc1. The molecule has 0 saturated heterocycles. The number of pyridine rings is 1. The molecule has 0 fully saturated rings. The zero-order chi connectivity index (χ0) is 13.0. The van der Waals surface area contributed by atoms with Gasteiger partial charge in [-0.15, -0.1) is 0 Å². The highest BCUT2D eigenvalue weighted by atomic mass is 16.5. The molecule has 0 spiro atoms. The van der Waals surface area contributed by atoms with Gasteiger partial charge in [0.15, 0.2) is 0 Å². The van der Waals surface area contributed by atoms with Crippen LogP contribution in [0.25, 0.3) is 0 Å². The van der Waals surface area contributed by atoms with Crippen LogP contribution in [0.2, 0.25) is 0 Å². The zero-order valence-electron chi connectivity index (χ0n) is 10.5. The van der Waals surface area contributed by atoms with Gasteiger partial charge in [-0.2, -0.15) is 0 Å². The molecule has 2 aromatic rings. The number of aromatic nitrogens is 1. The van der Waals surface area contributed by atoms with Crippen LogP contribution in [0.1, 0.15) is 27.3 Å². The molecule has 1 aromatic carbocycles. The van der Waals surface area contributed by atoms with E-state index in [1.54, 1.807) is 6.07 Å². The van der Waals surface area contributed by atoms with Gasteiger partial charge in [0.25, 0.3) is 0 Å². The highest BCUT2D eigenvalue weighted by Gasteiger charge is 2.13. The molecule has 0 aliphatic heterocycles. The average Bonchev–Trinajstić information content (AvgIpc) is 2.39. The predicted molar refractivity (Wildman–Crippen MR) is 69.6 cm³/mol. The number of hydrogen-bond acceptors (Lipinski definition) is 3. The van der Waals surface area contributed by atoms with Gasteiger partial charge in [0.05, 0.1) is 18.4 Å². The van der Waals surface area contributed by atoms with Gasteiger partial charge >= 0.3 is 5.97 Å². The van der Waals surface area contributed by atoms with Crippen molar-refractivity contribution in [2.24, 2.45) is 0 Å². The minimum Gasteiger partial charge on any atom is -0.465 e. The second kappa shape index (κ2) is 5.45. The summed E-state index contributed by atoms with van der Waals surface area (Å²) in [5.41, 5.74) is 3.31. The van der Waals surface area contributed by atoms with E-state index in [0.29, 0.717) is 12.0 Å². The summed E-state index contributed by atoms with van der Waals surface area (Å²) in [5, 5.41) is 0. The molecule has 0 radical (unpaired) electrons. The number of aryl methyl sites for hydroxylation is 1. The van der Waals surface area contributed by atoms with Crippen molar-refractivity contribution in [1.82, 2.24) is 4.98 Å². The first-order valence-corrected chi connectivity index (χ1v) is 5.79. The number of rotatable bonds is 3. The molecule has 0 amide bonds. The summed E-state index contributed by atoms with van der Waals surface area (Å²) >= 11 is 0. The van der Waals surface area contributed by atoms with Crippen LogP contribution in [0.4, 0.5) is 0 Å². The molecule has 0 aliphatic rings. The van der Waals surface area contributed by atoms with Crippen molar-refractivity contribution in [1.29, 1.82) is 0 Å². The number of esters is 1. The van der Waals surface area contributed by atoms with Crippen LogP contribution in [0, 0.1) is 6.92 Å². The lowest BCUT2D eigenvalue weighted by Crippen LogP contribution is -2.08. The van der Waals surface area contributed by atoms with Crippen molar-refractivity contribution >= 4 is 5.97 Å². The van der Waals surface area contributed by atoms with Gasteiger partial charge in [-0.05, 0) is 24.6 Å². The number of hydrogen-bond donors (Lipinski definition) is 0. The highest BCUT2D eigenvalue weighted by molar-refractivity contribution is 5.90. The zero-order valence-corrected chi connectivity index (χ0v) is 10.5. The largest absolute Gasteiger partial charge is 0.465 e. The lowest BCUT2D eigenvalue weighted by Gasteiger charge is -2.08. The molecule has 0 saturated carbocycles. The van der Waals surface area contributed by atoms with E-state index in [1.807, 2.05) is 43.3 Å². The molecular weight excluding hydrogens is 226 g/mol. The fraction of sp³-hybridized carbons (Fsp3) is 0.200. The molecule has 2 rings (SSSR count). The third-order valence-electron chi connectivity index (χ3n) is 2.73. The maximum absolute atomic E-state index is 11.7. The van der Waals surface area contributed by atoms with Gasteiger partial charge in [-0.3, -0.25) is 4.98 Å². The second-order valence-electron chi connectivity index (χ2n) is 4.10. The van der Waals surface area contributed by atoms with E-state index in [2.05, 4.69) is 4.98 Å². The van der Waals surface area contributed by atoms with Crippen molar-refractivity contribution in [3.8, 4) is 0 Å². The Kier molecular flexibility index (Phi) is 3.72. The molecule has 3 heteroatoms. The minimum absolute atomic E-state index is 0.339. The fourth-order valence-electron chi connectivity index (χ4n) is 1.83. The Balaban J connectivity index is 2.36. The first-order valence-electron chi connectivity index (χ1n) is 5.79. The van der Waals surface area contributed by atoms with Crippen molar-refractivity contribution in [2.45, 2.75) is 13.3 Å². The number of carbonyl (C=O) groups is 1. The predicted octanol–water partition coefficient (Wildman–Crippen LogP) is 2.77. The smallest absolute Gasteiger partial charge is 0.339 e. The van der Waals surface area contributed by atoms with Crippen molar-refractivity contribution < 1.29 is 9.53 Å². The van der Waals surface area contributed by atoms with Gasteiger partial charge in [0.2, 0.25) is 0 Å². The average molecular weight is 241 g/mol. The number of benzene rings is 1. The van der Waals surface area contributed by atoms with Crippen molar-refractivity contribution in [2.75, 3.05) is 7.11 Å². The van der Waals surface area contributed by atoms with Crippen LogP contribution in [0.3, 0.4) is 0 Å². The maximum Gasteiger partial charge on any atom is 0.339 e. The summed E-state index contributed by atoms with van der Waals surface area (Å²) < 4.78 is 4.78. The minimum atomic E-state index is -0.339. The number of carbonyl (C=O) groups excluding carboxylic acids is 1. The van der Waals surface area contributed by atoms with E-state index < -0.39 is 0 Å². The molecule has 0 N–H and O–H groups in total.